The highest BCUT2D eigenvalue weighted by atomic mass is 16.5. The summed E-state index contributed by atoms with van der Waals surface area (Å²) in [5.74, 6) is 0.932. The van der Waals surface area contributed by atoms with Gasteiger partial charge in [0, 0.05) is 11.1 Å². The molecular weight excluding hydrogens is 222 g/mol. The predicted octanol–water partition coefficient (Wildman–Crippen LogP) is 3.36. The molecule has 18 heavy (non-hydrogen) atoms. The van der Waals surface area contributed by atoms with Gasteiger partial charge < -0.3 is 9.64 Å². The lowest BCUT2D eigenvalue weighted by molar-refractivity contribution is 0.231. The third-order valence-electron chi connectivity index (χ3n) is 3.80. The minimum atomic E-state index is 0.117. The van der Waals surface area contributed by atoms with Crippen molar-refractivity contribution in [2.75, 3.05) is 21.2 Å². The van der Waals surface area contributed by atoms with Crippen molar-refractivity contribution in [2.45, 2.75) is 18.9 Å². The highest BCUT2D eigenvalue weighted by Crippen LogP contribution is 2.33. The number of hydrogen-bond acceptors (Lipinski definition) is 2. The van der Waals surface area contributed by atoms with E-state index in [4.69, 9.17) is 4.74 Å². The molecule has 0 spiro atoms. The van der Waals surface area contributed by atoms with Crippen molar-refractivity contribution >= 4 is 5.57 Å². The smallest absolute Gasteiger partial charge is 0.126 e. The maximum absolute atomic E-state index is 5.41. The van der Waals surface area contributed by atoms with E-state index in [1.54, 1.807) is 7.11 Å². The van der Waals surface area contributed by atoms with Crippen LogP contribution in [-0.2, 0) is 0 Å². The third kappa shape index (κ3) is 2.34. The molecule has 1 aromatic rings. The second-order valence-electron chi connectivity index (χ2n) is 5.15. The average molecular weight is 243 g/mol. The molecule has 0 saturated heterocycles. The molecule has 1 aliphatic rings. The van der Waals surface area contributed by atoms with Crippen LogP contribution in [0.4, 0.5) is 0 Å². The first-order valence-electron chi connectivity index (χ1n) is 6.27. The van der Waals surface area contributed by atoms with Crippen molar-refractivity contribution in [3.63, 3.8) is 0 Å². The summed E-state index contributed by atoms with van der Waals surface area (Å²) >= 11 is 0. The summed E-state index contributed by atoms with van der Waals surface area (Å²) in [6.07, 6.45) is 7.78. The lowest BCUT2D eigenvalue weighted by atomic mass is 9.87. The first-order valence-corrected chi connectivity index (χ1v) is 6.27. The fourth-order valence-electron chi connectivity index (χ4n) is 2.14. The van der Waals surface area contributed by atoms with Crippen LogP contribution in [-0.4, -0.2) is 31.6 Å². The van der Waals surface area contributed by atoms with E-state index in [-0.39, 0.29) is 5.54 Å². The first-order chi connectivity index (χ1) is 8.57. The van der Waals surface area contributed by atoms with Crippen LogP contribution < -0.4 is 4.74 Å². The van der Waals surface area contributed by atoms with Crippen molar-refractivity contribution in [2.24, 2.45) is 0 Å². The fraction of sp³-hybridized carbons (Fsp3) is 0.375. The molecule has 0 radical (unpaired) electrons. The van der Waals surface area contributed by atoms with Crippen molar-refractivity contribution in [1.29, 1.82) is 0 Å². The topological polar surface area (TPSA) is 12.5 Å². The van der Waals surface area contributed by atoms with Gasteiger partial charge in [0.15, 0.2) is 0 Å². The van der Waals surface area contributed by atoms with Crippen LogP contribution in [0.3, 0.4) is 0 Å². The van der Waals surface area contributed by atoms with Gasteiger partial charge in [0.05, 0.1) is 7.11 Å². The highest BCUT2D eigenvalue weighted by Gasteiger charge is 2.25. The van der Waals surface area contributed by atoms with Gasteiger partial charge in [-0.25, -0.2) is 0 Å². The molecule has 0 fully saturated rings. The molecular formula is C16H21NO. The molecule has 2 rings (SSSR count). The molecule has 0 aromatic heterocycles. The summed E-state index contributed by atoms with van der Waals surface area (Å²) in [5.41, 5.74) is 2.52. The van der Waals surface area contributed by atoms with Gasteiger partial charge in [0.1, 0.15) is 5.75 Å². The van der Waals surface area contributed by atoms with Gasteiger partial charge in [0.25, 0.3) is 0 Å². The minimum Gasteiger partial charge on any atom is -0.496 e. The van der Waals surface area contributed by atoms with E-state index in [0.29, 0.717) is 0 Å². The summed E-state index contributed by atoms with van der Waals surface area (Å²) in [6, 6.07) is 8.16. The fourth-order valence-corrected chi connectivity index (χ4v) is 2.14. The first kappa shape index (κ1) is 12.9. The van der Waals surface area contributed by atoms with E-state index in [2.05, 4.69) is 50.2 Å². The SMILES string of the molecule is COc1ccccc1C1=CCC(C)(N(C)C)C=C1. The zero-order chi connectivity index (χ0) is 13.2. The van der Waals surface area contributed by atoms with E-state index >= 15 is 0 Å². The van der Waals surface area contributed by atoms with Crippen LogP contribution in [0.25, 0.3) is 5.57 Å². The summed E-state index contributed by atoms with van der Waals surface area (Å²) in [5, 5.41) is 0. The molecule has 0 aliphatic heterocycles. The van der Waals surface area contributed by atoms with E-state index in [1.165, 1.54) is 5.57 Å². The van der Waals surface area contributed by atoms with Gasteiger partial charge in [0.2, 0.25) is 0 Å². The summed E-state index contributed by atoms with van der Waals surface area (Å²) in [6.45, 7) is 2.25. The molecule has 1 aromatic carbocycles. The normalized spacial score (nSPS) is 23.1. The molecule has 0 N–H and O–H groups in total. The molecule has 0 amide bonds. The minimum absolute atomic E-state index is 0.117. The molecule has 1 unspecified atom stereocenters. The zero-order valence-electron chi connectivity index (χ0n) is 11.6. The molecule has 96 valence electrons. The van der Waals surface area contributed by atoms with Gasteiger partial charge >= 0.3 is 0 Å². The number of para-hydroxylation sites is 1. The molecule has 0 saturated carbocycles. The van der Waals surface area contributed by atoms with Gasteiger partial charge in [-0.15, -0.1) is 0 Å². The quantitative estimate of drug-likeness (QED) is 0.807. The number of ether oxygens (including phenoxy) is 1. The molecule has 1 aliphatic carbocycles. The number of nitrogens with zero attached hydrogens (tertiary/aromatic N) is 1. The Balaban J connectivity index is 2.28. The van der Waals surface area contributed by atoms with Gasteiger partial charge in [-0.1, -0.05) is 36.4 Å². The lowest BCUT2D eigenvalue weighted by Crippen LogP contribution is -2.39. The monoisotopic (exact) mass is 243 g/mol. The van der Waals surface area contributed by atoms with E-state index in [1.807, 2.05) is 18.2 Å². The highest BCUT2D eigenvalue weighted by molar-refractivity contribution is 5.79. The number of benzene rings is 1. The van der Waals surface area contributed by atoms with Crippen molar-refractivity contribution in [3.8, 4) is 5.75 Å². The van der Waals surface area contributed by atoms with Crippen LogP contribution in [0.5, 0.6) is 5.75 Å². The van der Waals surface area contributed by atoms with Crippen molar-refractivity contribution < 1.29 is 4.74 Å². The van der Waals surface area contributed by atoms with E-state index < -0.39 is 0 Å². The maximum Gasteiger partial charge on any atom is 0.126 e. The van der Waals surface area contributed by atoms with Crippen molar-refractivity contribution in [1.82, 2.24) is 4.90 Å². The Bertz CT molecular complexity index is 488. The Labute approximate surface area is 110 Å². The van der Waals surface area contributed by atoms with Crippen LogP contribution >= 0.6 is 0 Å². The van der Waals surface area contributed by atoms with E-state index in [0.717, 1.165) is 17.7 Å². The Morgan fingerprint density at radius 3 is 2.50 bits per heavy atom. The largest absolute Gasteiger partial charge is 0.496 e. The van der Waals surface area contributed by atoms with Crippen LogP contribution in [0.1, 0.15) is 18.9 Å². The number of methoxy groups -OCH3 is 1. The molecule has 2 nitrogen and oxygen atoms in total. The summed E-state index contributed by atoms with van der Waals surface area (Å²) < 4.78 is 5.41. The maximum atomic E-state index is 5.41. The lowest BCUT2D eigenvalue weighted by Gasteiger charge is -2.35. The zero-order valence-corrected chi connectivity index (χ0v) is 11.6. The van der Waals surface area contributed by atoms with Gasteiger partial charge in [-0.2, -0.15) is 0 Å². The van der Waals surface area contributed by atoms with Crippen LogP contribution in [0.2, 0.25) is 0 Å². The molecule has 2 heteroatoms. The Morgan fingerprint density at radius 1 is 1.22 bits per heavy atom. The summed E-state index contributed by atoms with van der Waals surface area (Å²) in [4.78, 5) is 2.25. The van der Waals surface area contributed by atoms with Crippen LogP contribution in [0.15, 0.2) is 42.5 Å². The number of rotatable bonds is 3. The molecule has 0 heterocycles. The third-order valence-corrected chi connectivity index (χ3v) is 3.80. The average Bonchev–Trinajstić information content (AvgIpc) is 2.39. The Kier molecular flexibility index (Phi) is 3.58. The van der Waals surface area contributed by atoms with Crippen molar-refractivity contribution in [3.05, 3.63) is 48.1 Å². The van der Waals surface area contributed by atoms with E-state index in [9.17, 15) is 0 Å². The number of hydrogen-bond donors (Lipinski definition) is 0. The van der Waals surface area contributed by atoms with Gasteiger partial charge in [-0.05, 0) is 39.1 Å². The molecule has 1 atom stereocenters. The number of likely N-dealkylation sites (N-methyl/N-ethyl adjacent to an activating group) is 1. The number of allylic oxidation sites excluding steroid dienone is 2. The second-order valence-corrected chi connectivity index (χ2v) is 5.15. The summed E-state index contributed by atoms with van der Waals surface area (Å²) in [7, 11) is 5.95. The Morgan fingerprint density at radius 2 is 1.94 bits per heavy atom. The standard InChI is InChI=1S/C16H21NO/c1-16(17(2)3)11-9-13(10-12-16)14-7-5-6-8-15(14)18-4/h5-11H,12H2,1-4H3. The predicted molar refractivity (Wildman–Crippen MR) is 76.8 cm³/mol. The second kappa shape index (κ2) is 4.99. The van der Waals surface area contributed by atoms with Crippen LogP contribution in [0, 0.1) is 0 Å². The Hall–Kier alpha value is -1.54. The molecule has 0 bridgehead atoms. The van der Waals surface area contributed by atoms with Gasteiger partial charge in [-0.3, -0.25) is 0 Å².